The molecule has 1 aromatic heterocycles. The number of nitrogens with zero attached hydrogens (tertiary/aromatic N) is 3. The molecule has 2 aliphatic heterocycles. The maximum absolute atomic E-state index is 12.3. The Labute approximate surface area is 148 Å². The maximum Gasteiger partial charge on any atom is 0.153 e. The number of aromatic nitrogens is 2. The second kappa shape index (κ2) is 5.79. The minimum absolute atomic E-state index is 0.103. The molecule has 3 heterocycles. The van der Waals surface area contributed by atoms with Gasteiger partial charge in [0, 0.05) is 31.7 Å². The molecule has 3 fully saturated rings. The molecule has 2 aromatic rings. The Kier molecular flexibility index (Phi) is 3.66. The molecule has 6 nitrogen and oxygen atoms in total. The number of aromatic amines is 1. The average Bonchev–Trinajstić information content (AvgIpc) is 3.18. The van der Waals surface area contributed by atoms with Crippen LogP contribution < -0.4 is 0 Å². The normalized spacial score (nSPS) is 29.9. The lowest BCUT2D eigenvalue weighted by atomic mass is 10.0. The van der Waals surface area contributed by atoms with Gasteiger partial charge in [-0.15, -0.1) is 0 Å². The fourth-order valence-electron chi connectivity index (χ4n) is 4.42. The van der Waals surface area contributed by atoms with Crippen molar-refractivity contribution in [2.75, 3.05) is 31.1 Å². The molecule has 7 heteroatoms. The quantitative estimate of drug-likeness (QED) is 0.889. The van der Waals surface area contributed by atoms with E-state index in [4.69, 9.17) is 0 Å². The Hall–Kier alpha value is -1.44. The molecule has 0 spiro atoms. The van der Waals surface area contributed by atoms with Gasteiger partial charge in [0.25, 0.3) is 0 Å². The van der Waals surface area contributed by atoms with E-state index in [1.807, 2.05) is 24.3 Å². The predicted molar refractivity (Wildman–Crippen MR) is 97.0 cm³/mol. The van der Waals surface area contributed by atoms with Crippen LogP contribution in [0.4, 0.5) is 0 Å². The van der Waals surface area contributed by atoms with Crippen LogP contribution in [0, 0.1) is 5.92 Å². The van der Waals surface area contributed by atoms with E-state index in [1.54, 1.807) is 0 Å². The van der Waals surface area contributed by atoms with Gasteiger partial charge in [0.15, 0.2) is 9.84 Å². The third-order valence-corrected chi connectivity index (χ3v) is 7.59. The Morgan fingerprint density at radius 2 is 1.80 bits per heavy atom. The van der Waals surface area contributed by atoms with Crippen molar-refractivity contribution < 1.29 is 8.42 Å². The second-order valence-corrected chi connectivity index (χ2v) is 9.97. The molecule has 2 atom stereocenters. The van der Waals surface area contributed by atoms with Crippen LogP contribution in [0.3, 0.4) is 0 Å². The van der Waals surface area contributed by atoms with E-state index in [1.165, 1.54) is 12.8 Å². The minimum atomic E-state index is -2.94. The number of hydrogen-bond acceptors (Lipinski definition) is 5. The molecule has 1 N–H and O–H groups in total. The molecule has 3 aliphatic rings. The smallest absolute Gasteiger partial charge is 0.153 e. The number of imidazole rings is 1. The zero-order valence-electron chi connectivity index (χ0n) is 14.3. The molecule has 1 saturated carbocycles. The highest BCUT2D eigenvalue weighted by atomic mass is 32.2. The maximum atomic E-state index is 12.3. The number of hydrogen-bond donors (Lipinski definition) is 1. The van der Waals surface area contributed by atoms with Gasteiger partial charge in [-0.05, 0) is 30.9 Å². The first-order chi connectivity index (χ1) is 12.1. The third kappa shape index (κ3) is 3.09. The number of fused-ring (bicyclic) bond motifs is 2. The standard InChI is InChI=1S/C18H24N4O2S/c23-25(24)11-16-17(12-25)22(8-7-21(16)9-13-5-6-13)10-18-19-14-3-1-2-4-15(14)20-18/h1-4,13,16-17H,5-12H2,(H,19,20)/t16-,17+/m1/s1. The van der Waals surface area contributed by atoms with Crippen molar-refractivity contribution in [2.45, 2.75) is 31.5 Å². The largest absolute Gasteiger partial charge is 0.341 e. The van der Waals surface area contributed by atoms with Gasteiger partial charge in [-0.3, -0.25) is 9.80 Å². The molecule has 1 aromatic carbocycles. The Morgan fingerprint density at radius 1 is 1.08 bits per heavy atom. The summed E-state index contributed by atoms with van der Waals surface area (Å²) in [6.07, 6.45) is 2.62. The Balaban J connectivity index is 1.38. The number of piperazine rings is 1. The van der Waals surface area contributed by atoms with Crippen molar-refractivity contribution in [2.24, 2.45) is 5.92 Å². The van der Waals surface area contributed by atoms with Crippen LogP contribution in [0.5, 0.6) is 0 Å². The highest BCUT2D eigenvalue weighted by Crippen LogP contribution is 2.34. The van der Waals surface area contributed by atoms with Crippen LogP contribution in [-0.2, 0) is 16.4 Å². The first kappa shape index (κ1) is 15.8. The van der Waals surface area contributed by atoms with Crippen molar-refractivity contribution >= 4 is 20.9 Å². The SMILES string of the molecule is O=S1(=O)C[C@@H]2[C@H](C1)N(Cc1nc3ccccc3[nH]1)CCN2CC1CC1. The first-order valence-corrected chi connectivity index (χ1v) is 11.0. The van der Waals surface area contributed by atoms with Crippen molar-refractivity contribution in [1.29, 1.82) is 0 Å². The summed E-state index contributed by atoms with van der Waals surface area (Å²) in [4.78, 5) is 12.8. The number of rotatable bonds is 4. The van der Waals surface area contributed by atoms with Crippen LogP contribution in [0.1, 0.15) is 18.7 Å². The number of para-hydroxylation sites is 2. The van der Waals surface area contributed by atoms with Gasteiger partial charge in [-0.1, -0.05) is 12.1 Å². The summed E-state index contributed by atoms with van der Waals surface area (Å²) >= 11 is 0. The topological polar surface area (TPSA) is 69.3 Å². The van der Waals surface area contributed by atoms with Gasteiger partial charge >= 0.3 is 0 Å². The number of nitrogens with one attached hydrogen (secondary N) is 1. The highest BCUT2D eigenvalue weighted by Gasteiger charge is 2.47. The molecule has 134 valence electrons. The van der Waals surface area contributed by atoms with Crippen molar-refractivity contribution in [1.82, 2.24) is 19.8 Å². The molecule has 0 amide bonds. The molecular weight excluding hydrogens is 336 g/mol. The lowest BCUT2D eigenvalue weighted by molar-refractivity contribution is 0.0363. The monoisotopic (exact) mass is 360 g/mol. The van der Waals surface area contributed by atoms with Crippen molar-refractivity contribution in [3.05, 3.63) is 30.1 Å². The van der Waals surface area contributed by atoms with E-state index in [0.29, 0.717) is 18.1 Å². The summed E-state index contributed by atoms with van der Waals surface area (Å²) in [5.74, 6) is 2.34. The van der Waals surface area contributed by atoms with Gasteiger partial charge in [0.05, 0.1) is 29.1 Å². The van der Waals surface area contributed by atoms with E-state index in [-0.39, 0.29) is 12.1 Å². The number of sulfone groups is 1. The zero-order valence-corrected chi connectivity index (χ0v) is 15.1. The lowest BCUT2D eigenvalue weighted by Gasteiger charge is -2.43. The van der Waals surface area contributed by atoms with Crippen LogP contribution in [0.25, 0.3) is 11.0 Å². The highest BCUT2D eigenvalue weighted by molar-refractivity contribution is 7.91. The van der Waals surface area contributed by atoms with Crippen LogP contribution >= 0.6 is 0 Å². The lowest BCUT2D eigenvalue weighted by Crippen LogP contribution is -2.59. The van der Waals surface area contributed by atoms with Gasteiger partial charge < -0.3 is 4.98 Å². The summed E-state index contributed by atoms with van der Waals surface area (Å²) in [6, 6.07) is 8.28. The molecule has 2 saturated heterocycles. The molecule has 0 unspecified atom stereocenters. The van der Waals surface area contributed by atoms with Crippen molar-refractivity contribution in [3.63, 3.8) is 0 Å². The van der Waals surface area contributed by atoms with Gasteiger partial charge in [-0.25, -0.2) is 13.4 Å². The van der Waals surface area contributed by atoms with Crippen LogP contribution in [0.2, 0.25) is 0 Å². The fourth-order valence-corrected chi connectivity index (χ4v) is 6.47. The second-order valence-electron chi connectivity index (χ2n) is 7.82. The number of H-pyrrole nitrogens is 1. The van der Waals surface area contributed by atoms with E-state index in [0.717, 1.165) is 42.4 Å². The Morgan fingerprint density at radius 3 is 2.56 bits per heavy atom. The Bertz CT molecular complexity index is 856. The van der Waals surface area contributed by atoms with Crippen LogP contribution in [-0.4, -0.2) is 71.4 Å². The summed E-state index contributed by atoms with van der Waals surface area (Å²) in [7, 11) is -2.94. The summed E-state index contributed by atoms with van der Waals surface area (Å²) < 4.78 is 24.6. The van der Waals surface area contributed by atoms with E-state index < -0.39 is 9.84 Å². The predicted octanol–water partition coefficient (Wildman–Crippen LogP) is 1.26. The summed E-state index contributed by atoms with van der Waals surface area (Å²) in [5.41, 5.74) is 2.01. The van der Waals surface area contributed by atoms with Crippen LogP contribution in [0.15, 0.2) is 24.3 Å². The minimum Gasteiger partial charge on any atom is -0.341 e. The average molecular weight is 360 g/mol. The summed E-state index contributed by atoms with van der Waals surface area (Å²) in [5, 5.41) is 0. The molecule has 25 heavy (non-hydrogen) atoms. The summed E-state index contributed by atoms with van der Waals surface area (Å²) in [6.45, 7) is 3.66. The number of benzene rings is 1. The van der Waals surface area contributed by atoms with E-state index in [2.05, 4.69) is 19.8 Å². The third-order valence-electron chi connectivity index (χ3n) is 5.89. The fraction of sp³-hybridized carbons (Fsp3) is 0.611. The first-order valence-electron chi connectivity index (χ1n) is 9.19. The molecule has 5 rings (SSSR count). The molecule has 0 bridgehead atoms. The van der Waals surface area contributed by atoms with Crippen molar-refractivity contribution in [3.8, 4) is 0 Å². The van der Waals surface area contributed by atoms with Gasteiger partial charge in [0.1, 0.15) is 5.82 Å². The van der Waals surface area contributed by atoms with Gasteiger partial charge in [0.2, 0.25) is 0 Å². The molecule has 0 radical (unpaired) electrons. The van der Waals surface area contributed by atoms with E-state index >= 15 is 0 Å². The van der Waals surface area contributed by atoms with Gasteiger partial charge in [-0.2, -0.15) is 0 Å². The van der Waals surface area contributed by atoms with E-state index in [9.17, 15) is 8.42 Å². The molecule has 1 aliphatic carbocycles. The zero-order chi connectivity index (χ0) is 17.0. The molecular formula is C18H24N4O2S.